The molecule has 0 aliphatic rings. The summed E-state index contributed by atoms with van der Waals surface area (Å²) in [7, 11) is 2.02. The topological polar surface area (TPSA) is 29.3 Å². The number of rotatable bonds is 7. The van der Waals surface area contributed by atoms with Crippen molar-refractivity contribution >= 4 is 0 Å². The zero-order valence-corrected chi connectivity index (χ0v) is 10.8. The third-order valence-electron chi connectivity index (χ3n) is 3.04. The first-order valence-corrected chi connectivity index (χ1v) is 6.31. The van der Waals surface area contributed by atoms with Crippen molar-refractivity contribution in [1.29, 1.82) is 0 Å². The first kappa shape index (κ1) is 14.1. The van der Waals surface area contributed by atoms with Gasteiger partial charge in [0.1, 0.15) is 5.82 Å². The second-order valence-corrected chi connectivity index (χ2v) is 4.64. The molecule has 3 heteroatoms. The van der Waals surface area contributed by atoms with Crippen molar-refractivity contribution in [2.75, 3.05) is 13.6 Å². The van der Waals surface area contributed by atoms with E-state index in [1.165, 1.54) is 6.07 Å². The predicted molar refractivity (Wildman–Crippen MR) is 70.2 cm³/mol. The van der Waals surface area contributed by atoms with Gasteiger partial charge in [-0.3, -0.25) is 0 Å². The van der Waals surface area contributed by atoms with E-state index in [1.54, 1.807) is 6.07 Å². The van der Waals surface area contributed by atoms with E-state index in [0.717, 1.165) is 31.4 Å². The Bertz CT molecular complexity index is 328. The van der Waals surface area contributed by atoms with Gasteiger partial charge in [-0.05, 0) is 38.9 Å². The van der Waals surface area contributed by atoms with Crippen molar-refractivity contribution in [3.8, 4) is 0 Å². The van der Waals surface area contributed by atoms with Crippen molar-refractivity contribution in [2.24, 2.45) is 5.73 Å². The van der Waals surface area contributed by atoms with Crippen LogP contribution in [-0.2, 0) is 6.54 Å². The fraction of sp³-hybridized carbons (Fsp3) is 0.571. The van der Waals surface area contributed by atoms with Gasteiger partial charge >= 0.3 is 0 Å². The van der Waals surface area contributed by atoms with Crippen molar-refractivity contribution in [1.82, 2.24) is 4.90 Å². The fourth-order valence-corrected chi connectivity index (χ4v) is 1.82. The SMILES string of the molecule is CCC(N)CCCN(C)Cc1ccccc1F. The van der Waals surface area contributed by atoms with E-state index in [-0.39, 0.29) is 5.82 Å². The normalized spacial score (nSPS) is 13.0. The van der Waals surface area contributed by atoms with E-state index in [0.29, 0.717) is 12.6 Å². The molecule has 1 atom stereocenters. The monoisotopic (exact) mass is 238 g/mol. The minimum atomic E-state index is -0.121. The molecule has 0 heterocycles. The van der Waals surface area contributed by atoms with E-state index in [4.69, 9.17) is 5.73 Å². The molecule has 96 valence electrons. The summed E-state index contributed by atoms with van der Waals surface area (Å²) in [5.74, 6) is -0.121. The van der Waals surface area contributed by atoms with E-state index in [1.807, 2.05) is 19.2 Å². The maximum absolute atomic E-state index is 13.4. The van der Waals surface area contributed by atoms with Crippen molar-refractivity contribution in [2.45, 2.75) is 38.8 Å². The molecule has 1 rings (SSSR count). The van der Waals surface area contributed by atoms with Gasteiger partial charge in [0.2, 0.25) is 0 Å². The Morgan fingerprint density at radius 1 is 1.35 bits per heavy atom. The van der Waals surface area contributed by atoms with Gasteiger partial charge in [-0.25, -0.2) is 4.39 Å². The number of nitrogens with two attached hydrogens (primary N) is 1. The summed E-state index contributed by atoms with van der Waals surface area (Å²) in [5, 5.41) is 0. The summed E-state index contributed by atoms with van der Waals surface area (Å²) < 4.78 is 13.4. The minimum Gasteiger partial charge on any atom is -0.328 e. The minimum absolute atomic E-state index is 0.121. The molecule has 0 aliphatic carbocycles. The Labute approximate surface area is 104 Å². The van der Waals surface area contributed by atoms with Crippen LogP contribution in [-0.4, -0.2) is 24.5 Å². The largest absolute Gasteiger partial charge is 0.328 e. The summed E-state index contributed by atoms with van der Waals surface area (Å²) >= 11 is 0. The highest BCUT2D eigenvalue weighted by atomic mass is 19.1. The molecule has 1 unspecified atom stereocenters. The molecule has 0 aliphatic heterocycles. The Morgan fingerprint density at radius 3 is 2.71 bits per heavy atom. The molecule has 0 spiro atoms. The maximum Gasteiger partial charge on any atom is 0.127 e. The second kappa shape index (κ2) is 7.41. The molecule has 17 heavy (non-hydrogen) atoms. The van der Waals surface area contributed by atoms with E-state index in [2.05, 4.69) is 11.8 Å². The third-order valence-corrected chi connectivity index (χ3v) is 3.04. The number of hydrogen-bond donors (Lipinski definition) is 1. The lowest BCUT2D eigenvalue weighted by Gasteiger charge is -2.18. The highest BCUT2D eigenvalue weighted by Gasteiger charge is 2.05. The molecule has 0 saturated heterocycles. The summed E-state index contributed by atoms with van der Waals surface area (Å²) in [4.78, 5) is 2.14. The first-order valence-electron chi connectivity index (χ1n) is 6.31. The van der Waals surface area contributed by atoms with Gasteiger partial charge in [-0.2, -0.15) is 0 Å². The third kappa shape index (κ3) is 5.29. The molecule has 0 aromatic heterocycles. The molecule has 0 bridgehead atoms. The Hall–Kier alpha value is -0.930. The summed E-state index contributed by atoms with van der Waals surface area (Å²) in [5.41, 5.74) is 6.62. The van der Waals surface area contributed by atoms with Crippen LogP contribution in [0, 0.1) is 5.82 Å². The van der Waals surface area contributed by atoms with Crippen LogP contribution in [0.3, 0.4) is 0 Å². The van der Waals surface area contributed by atoms with Crippen molar-refractivity contribution in [3.05, 3.63) is 35.6 Å². The highest BCUT2D eigenvalue weighted by molar-refractivity contribution is 5.16. The van der Waals surface area contributed by atoms with Gasteiger partial charge in [0, 0.05) is 18.2 Å². The maximum atomic E-state index is 13.4. The lowest BCUT2D eigenvalue weighted by molar-refractivity contribution is 0.308. The molecule has 2 nitrogen and oxygen atoms in total. The van der Waals surface area contributed by atoms with Gasteiger partial charge in [0.05, 0.1) is 0 Å². The zero-order valence-electron chi connectivity index (χ0n) is 10.8. The molecular formula is C14H23FN2. The number of nitrogens with zero attached hydrogens (tertiary/aromatic N) is 1. The number of halogens is 1. The highest BCUT2D eigenvalue weighted by Crippen LogP contribution is 2.09. The summed E-state index contributed by atoms with van der Waals surface area (Å²) in [6.45, 7) is 3.73. The van der Waals surface area contributed by atoms with Gasteiger partial charge < -0.3 is 10.6 Å². The van der Waals surface area contributed by atoms with Crippen LogP contribution in [0.4, 0.5) is 4.39 Å². The smallest absolute Gasteiger partial charge is 0.127 e. The average molecular weight is 238 g/mol. The first-order chi connectivity index (χ1) is 8.13. The molecular weight excluding hydrogens is 215 g/mol. The van der Waals surface area contributed by atoms with Gasteiger partial charge in [-0.1, -0.05) is 25.1 Å². The van der Waals surface area contributed by atoms with Crippen LogP contribution in [0.15, 0.2) is 24.3 Å². The van der Waals surface area contributed by atoms with Crippen LogP contribution in [0.1, 0.15) is 31.7 Å². The quantitative estimate of drug-likeness (QED) is 0.791. The fourth-order valence-electron chi connectivity index (χ4n) is 1.82. The molecule has 2 N–H and O–H groups in total. The molecule has 1 aromatic rings. The van der Waals surface area contributed by atoms with E-state index in [9.17, 15) is 4.39 Å². The Balaban J connectivity index is 2.30. The summed E-state index contributed by atoms with van der Waals surface area (Å²) in [6, 6.07) is 7.25. The average Bonchev–Trinajstić information content (AvgIpc) is 2.32. The second-order valence-electron chi connectivity index (χ2n) is 4.64. The van der Waals surface area contributed by atoms with Crippen LogP contribution >= 0.6 is 0 Å². The zero-order chi connectivity index (χ0) is 12.7. The van der Waals surface area contributed by atoms with Crippen LogP contribution in [0.25, 0.3) is 0 Å². The van der Waals surface area contributed by atoms with Crippen LogP contribution in [0.5, 0.6) is 0 Å². The Kier molecular flexibility index (Phi) is 6.16. The molecule has 1 aromatic carbocycles. The van der Waals surface area contributed by atoms with Gasteiger partial charge in [-0.15, -0.1) is 0 Å². The van der Waals surface area contributed by atoms with Gasteiger partial charge in [0.25, 0.3) is 0 Å². The van der Waals surface area contributed by atoms with Crippen molar-refractivity contribution < 1.29 is 4.39 Å². The molecule has 0 fully saturated rings. The lowest BCUT2D eigenvalue weighted by Crippen LogP contribution is -2.23. The van der Waals surface area contributed by atoms with Crippen LogP contribution < -0.4 is 5.73 Å². The van der Waals surface area contributed by atoms with Crippen molar-refractivity contribution in [3.63, 3.8) is 0 Å². The lowest BCUT2D eigenvalue weighted by atomic mass is 10.1. The number of hydrogen-bond acceptors (Lipinski definition) is 2. The van der Waals surface area contributed by atoms with E-state index >= 15 is 0 Å². The molecule has 0 amide bonds. The Morgan fingerprint density at radius 2 is 2.06 bits per heavy atom. The van der Waals surface area contributed by atoms with Crippen LogP contribution in [0.2, 0.25) is 0 Å². The van der Waals surface area contributed by atoms with E-state index < -0.39 is 0 Å². The summed E-state index contributed by atoms with van der Waals surface area (Å²) in [6.07, 6.45) is 3.13. The molecule has 0 radical (unpaired) electrons. The standard InChI is InChI=1S/C14H23FN2/c1-3-13(16)8-6-10-17(2)11-12-7-4-5-9-14(12)15/h4-5,7,9,13H,3,6,8,10-11,16H2,1-2H3. The number of benzene rings is 1. The molecule has 0 saturated carbocycles. The predicted octanol–water partition coefficient (Wildman–Crippen LogP) is 2.78. The van der Waals surface area contributed by atoms with Gasteiger partial charge in [0.15, 0.2) is 0 Å².